The van der Waals surface area contributed by atoms with Gasteiger partial charge in [0.1, 0.15) is 18.2 Å². The Morgan fingerprint density at radius 3 is 2.76 bits per heavy atom. The maximum absolute atomic E-state index is 13.4. The van der Waals surface area contributed by atoms with Crippen molar-refractivity contribution < 1.29 is 13.9 Å². The SMILES string of the molecule is O=C(Nc1ccc(Cl)cc1)N1CCOc2ccc(F)cc21. The lowest BCUT2D eigenvalue weighted by molar-refractivity contribution is 0.250. The van der Waals surface area contributed by atoms with E-state index < -0.39 is 5.82 Å². The first-order chi connectivity index (χ1) is 10.1. The summed E-state index contributed by atoms with van der Waals surface area (Å²) in [7, 11) is 0. The van der Waals surface area contributed by atoms with Gasteiger partial charge in [0.25, 0.3) is 0 Å². The molecular weight excluding hydrogens is 295 g/mol. The maximum atomic E-state index is 13.4. The molecule has 0 saturated carbocycles. The lowest BCUT2D eigenvalue weighted by Gasteiger charge is -2.29. The zero-order valence-electron chi connectivity index (χ0n) is 11.0. The van der Waals surface area contributed by atoms with E-state index in [2.05, 4.69) is 5.32 Å². The molecule has 0 radical (unpaired) electrons. The molecule has 0 bridgehead atoms. The smallest absolute Gasteiger partial charge is 0.326 e. The second kappa shape index (κ2) is 5.61. The molecule has 1 aliphatic heterocycles. The monoisotopic (exact) mass is 306 g/mol. The molecule has 0 spiro atoms. The summed E-state index contributed by atoms with van der Waals surface area (Å²) in [5.74, 6) is 0.0810. The quantitative estimate of drug-likeness (QED) is 0.868. The van der Waals surface area contributed by atoms with Crippen molar-refractivity contribution in [2.45, 2.75) is 0 Å². The van der Waals surface area contributed by atoms with E-state index in [4.69, 9.17) is 16.3 Å². The number of hydrogen-bond acceptors (Lipinski definition) is 2. The fourth-order valence-corrected chi connectivity index (χ4v) is 2.25. The van der Waals surface area contributed by atoms with Gasteiger partial charge in [-0.05, 0) is 36.4 Å². The Labute approximate surface area is 126 Å². The number of fused-ring (bicyclic) bond motifs is 1. The first kappa shape index (κ1) is 13.7. The van der Waals surface area contributed by atoms with Crippen LogP contribution in [-0.4, -0.2) is 19.2 Å². The molecule has 0 aliphatic carbocycles. The van der Waals surface area contributed by atoms with Gasteiger partial charge in [-0.1, -0.05) is 11.6 Å². The summed E-state index contributed by atoms with van der Waals surface area (Å²) in [4.78, 5) is 13.8. The van der Waals surface area contributed by atoms with Gasteiger partial charge < -0.3 is 10.1 Å². The van der Waals surface area contributed by atoms with E-state index >= 15 is 0 Å². The molecule has 1 heterocycles. The van der Waals surface area contributed by atoms with Gasteiger partial charge >= 0.3 is 6.03 Å². The van der Waals surface area contributed by atoms with Crippen molar-refractivity contribution >= 4 is 29.0 Å². The van der Waals surface area contributed by atoms with Gasteiger partial charge in [0.15, 0.2) is 0 Å². The Morgan fingerprint density at radius 2 is 2.00 bits per heavy atom. The van der Waals surface area contributed by atoms with Crippen molar-refractivity contribution in [3.05, 3.63) is 53.3 Å². The molecule has 3 rings (SSSR count). The van der Waals surface area contributed by atoms with Gasteiger partial charge in [-0.25, -0.2) is 9.18 Å². The van der Waals surface area contributed by atoms with Gasteiger partial charge in [0.05, 0.1) is 12.2 Å². The van der Waals surface area contributed by atoms with Crippen molar-refractivity contribution in [3.8, 4) is 5.75 Å². The zero-order chi connectivity index (χ0) is 14.8. The van der Waals surface area contributed by atoms with Crippen LogP contribution < -0.4 is 15.0 Å². The second-order valence-electron chi connectivity index (χ2n) is 4.55. The van der Waals surface area contributed by atoms with E-state index in [1.54, 1.807) is 24.3 Å². The number of hydrogen-bond donors (Lipinski definition) is 1. The summed E-state index contributed by atoms with van der Waals surface area (Å²) in [6.45, 7) is 0.725. The van der Waals surface area contributed by atoms with Crippen molar-refractivity contribution in [2.24, 2.45) is 0 Å². The number of amides is 2. The molecule has 0 saturated heterocycles. The Kier molecular flexibility index (Phi) is 3.66. The largest absolute Gasteiger partial charge is 0.490 e. The minimum atomic E-state index is -0.413. The summed E-state index contributed by atoms with van der Waals surface area (Å²) in [6, 6.07) is 10.5. The number of halogens is 2. The number of nitrogens with one attached hydrogen (secondary N) is 1. The van der Waals surface area contributed by atoms with E-state index in [1.165, 1.54) is 23.1 Å². The van der Waals surface area contributed by atoms with Crippen molar-refractivity contribution in [2.75, 3.05) is 23.4 Å². The van der Waals surface area contributed by atoms with E-state index in [1.807, 2.05) is 0 Å². The maximum Gasteiger partial charge on any atom is 0.326 e. The Bertz CT molecular complexity index is 676. The summed E-state index contributed by atoms with van der Waals surface area (Å²) in [5.41, 5.74) is 1.04. The third-order valence-corrected chi connectivity index (χ3v) is 3.38. The molecule has 2 amide bonds. The van der Waals surface area contributed by atoms with Gasteiger partial charge in [0, 0.05) is 16.8 Å². The fraction of sp³-hybridized carbons (Fsp3) is 0.133. The summed E-state index contributed by atoms with van der Waals surface area (Å²) in [6.07, 6.45) is 0. The highest BCUT2D eigenvalue weighted by Crippen LogP contribution is 2.32. The molecule has 2 aromatic carbocycles. The number of carbonyl (C=O) groups is 1. The van der Waals surface area contributed by atoms with Gasteiger partial charge in [-0.2, -0.15) is 0 Å². The number of carbonyl (C=O) groups excluding carboxylic acids is 1. The van der Waals surface area contributed by atoms with Crippen LogP contribution in [0.15, 0.2) is 42.5 Å². The zero-order valence-corrected chi connectivity index (χ0v) is 11.7. The Balaban J connectivity index is 1.83. The minimum absolute atomic E-state index is 0.340. The predicted octanol–water partition coefficient (Wildman–Crippen LogP) is 3.91. The van der Waals surface area contributed by atoms with Crippen molar-refractivity contribution in [1.29, 1.82) is 0 Å². The van der Waals surface area contributed by atoms with Crippen LogP contribution in [0.3, 0.4) is 0 Å². The van der Waals surface area contributed by atoms with Gasteiger partial charge in [-0.15, -0.1) is 0 Å². The van der Waals surface area contributed by atoms with Crippen molar-refractivity contribution in [1.82, 2.24) is 0 Å². The summed E-state index contributed by atoms with van der Waals surface area (Å²) in [5, 5.41) is 3.34. The van der Waals surface area contributed by atoms with E-state index in [0.29, 0.717) is 35.3 Å². The van der Waals surface area contributed by atoms with Crippen LogP contribution in [0.25, 0.3) is 0 Å². The lowest BCUT2D eigenvalue weighted by atomic mass is 10.2. The molecule has 0 fully saturated rings. The van der Waals surface area contributed by atoms with Gasteiger partial charge in [-0.3, -0.25) is 4.90 Å². The average molecular weight is 307 g/mol. The normalized spacial score (nSPS) is 13.3. The molecule has 108 valence electrons. The number of urea groups is 1. The third-order valence-electron chi connectivity index (χ3n) is 3.12. The van der Waals surface area contributed by atoms with Crippen LogP contribution >= 0.6 is 11.6 Å². The summed E-state index contributed by atoms with van der Waals surface area (Å²) >= 11 is 5.80. The predicted molar refractivity (Wildman–Crippen MR) is 79.7 cm³/mol. The van der Waals surface area contributed by atoms with E-state index in [-0.39, 0.29) is 6.03 Å². The number of ether oxygens (including phenoxy) is 1. The Hall–Kier alpha value is -2.27. The Morgan fingerprint density at radius 1 is 1.24 bits per heavy atom. The highest BCUT2D eigenvalue weighted by molar-refractivity contribution is 6.30. The van der Waals surface area contributed by atoms with Crippen LogP contribution in [0.1, 0.15) is 0 Å². The van der Waals surface area contributed by atoms with E-state index in [9.17, 15) is 9.18 Å². The highest BCUT2D eigenvalue weighted by Gasteiger charge is 2.24. The fourth-order valence-electron chi connectivity index (χ4n) is 2.13. The third kappa shape index (κ3) is 2.92. The van der Waals surface area contributed by atoms with Crippen LogP contribution in [-0.2, 0) is 0 Å². The van der Waals surface area contributed by atoms with Crippen molar-refractivity contribution in [3.63, 3.8) is 0 Å². The molecule has 21 heavy (non-hydrogen) atoms. The molecule has 0 unspecified atom stereocenters. The number of benzene rings is 2. The molecule has 4 nitrogen and oxygen atoms in total. The molecular formula is C15H12ClFN2O2. The molecule has 2 aromatic rings. The minimum Gasteiger partial charge on any atom is -0.490 e. The first-order valence-electron chi connectivity index (χ1n) is 6.40. The van der Waals surface area contributed by atoms with Crippen LogP contribution in [0.4, 0.5) is 20.6 Å². The topological polar surface area (TPSA) is 41.6 Å². The van der Waals surface area contributed by atoms with E-state index in [0.717, 1.165) is 0 Å². The second-order valence-corrected chi connectivity index (χ2v) is 4.99. The molecule has 0 atom stereocenters. The highest BCUT2D eigenvalue weighted by atomic mass is 35.5. The molecule has 1 aliphatic rings. The van der Waals surface area contributed by atoms with Crippen LogP contribution in [0, 0.1) is 5.82 Å². The van der Waals surface area contributed by atoms with Crippen LogP contribution in [0.5, 0.6) is 5.75 Å². The average Bonchev–Trinajstić information content (AvgIpc) is 2.49. The van der Waals surface area contributed by atoms with Crippen LogP contribution in [0.2, 0.25) is 5.02 Å². The number of nitrogens with zero attached hydrogens (tertiary/aromatic N) is 1. The molecule has 6 heteroatoms. The number of anilines is 2. The lowest BCUT2D eigenvalue weighted by Crippen LogP contribution is -2.40. The number of rotatable bonds is 1. The molecule has 0 aromatic heterocycles. The first-order valence-corrected chi connectivity index (χ1v) is 6.78. The molecule has 1 N–H and O–H groups in total. The summed E-state index contributed by atoms with van der Waals surface area (Å²) < 4.78 is 18.8. The standard InChI is InChI=1S/C15H12ClFN2O2/c16-10-1-4-12(5-2-10)18-15(20)19-7-8-21-14-6-3-11(17)9-13(14)19/h1-6,9H,7-8H2,(H,18,20). The van der Waals surface area contributed by atoms with Gasteiger partial charge in [0.2, 0.25) is 0 Å².